The van der Waals surface area contributed by atoms with Crippen molar-refractivity contribution in [1.29, 1.82) is 5.26 Å². The van der Waals surface area contributed by atoms with E-state index in [0.29, 0.717) is 22.4 Å². The molecule has 0 bridgehead atoms. The minimum Gasteiger partial charge on any atom is -0.316 e. The van der Waals surface area contributed by atoms with Crippen molar-refractivity contribution in [3.8, 4) is 6.07 Å². The molecule has 8 heteroatoms. The number of nitriles is 1. The fourth-order valence-electron chi connectivity index (χ4n) is 4.42. The van der Waals surface area contributed by atoms with Crippen LogP contribution in [-0.2, 0) is 24.7 Å². The lowest BCUT2D eigenvalue weighted by Crippen LogP contribution is -2.15. The highest BCUT2D eigenvalue weighted by atomic mass is 32.2. The summed E-state index contributed by atoms with van der Waals surface area (Å²) in [6.45, 7) is 2.24. The maximum Gasteiger partial charge on any atom is 0.235 e. The molecule has 4 rings (SSSR count). The van der Waals surface area contributed by atoms with Crippen molar-refractivity contribution >= 4 is 34.0 Å². The lowest BCUT2D eigenvalue weighted by Gasteiger charge is -2.20. The molecular weight excluding hydrogens is 402 g/mol. The average Bonchev–Trinajstić information content (AvgIpc) is 3.26. The van der Waals surface area contributed by atoms with Crippen molar-refractivity contribution in [2.45, 2.75) is 69.4 Å². The highest BCUT2D eigenvalue weighted by Crippen LogP contribution is 2.39. The fourth-order valence-corrected chi connectivity index (χ4v) is 6.51. The van der Waals surface area contributed by atoms with Gasteiger partial charge in [-0.3, -0.25) is 4.79 Å². The molecule has 0 aliphatic heterocycles. The molecule has 2 aliphatic carbocycles. The van der Waals surface area contributed by atoms with Crippen molar-refractivity contribution in [3.05, 3.63) is 21.8 Å². The molecule has 0 spiro atoms. The summed E-state index contributed by atoms with van der Waals surface area (Å²) < 4.78 is 2.04. The van der Waals surface area contributed by atoms with Gasteiger partial charge in [-0.25, -0.2) is 0 Å². The lowest BCUT2D eigenvalue weighted by atomic mass is 9.89. The number of nitrogens with zero attached hydrogens (tertiary/aromatic N) is 4. The Labute approximate surface area is 180 Å². The molecule has 0 aromatic carbocycles. The van der Waals surface area contributed by atoms with E-state index in [-0.39, 0.29) is 11.7 Å². The fraction of sp³-hybridized carbons (Fsp3) is 0.619. The van der Waals surface area contributed by atoms with Crippen LogP contribution in [0.4, 0.5) is 5.00 Å². The zero-order valence-corrected chi connectivity index (χ0v) is 18.7. The third kappa shape index (κ3) is 4.36. The second-order valence-corrected chi connectivity index (χ2v) is 10.3. The van der Waals surface area contributed by atoms with Crippen LogP contribution in [0.3, 0.4) is 0 Å². The summed E-state index contributed by atoms with van der Waals surface area (Å²) >= 11 is 2.98. The van der Waals surface area contributed by atoms with Crippen molar-refractivity contribution in [2.75, 3.05) is 11.1 Å². The standard InChI is InChI=1S/C21H27N5OS2/c1-13-8-9-15-16(11-22)20(29-17(15)10-13)23-18(27)12-28-21-25-24-19(26(21)2)14-6-4-3-5-7-14/h13-14H,3-10,12H2,1-2H3,(H,23,27). The van der Waals surface area contributed by atoms with Crippen LogP contribution in [-0.4, -0.2) is 26.4 Å². The van der Waals surface area contributed by atoms with Gasteiger partial charge in [-0.15, -0.1) is 21.5 Å². The number of carbonyl (C=O) groups excluding carboxylic acids is 1. The number of hydrogen-bond donors (Lipinski definition) is 1. The predicted octanol–water partition coefficient (Wildman–Crippen LogP) is 4.65. The molecule has 1 N–H and O–H groups in total. The Balaban J connectivity index is 1.39. The highest BCUT2D eigenvalue weighted by Gasteiger charge is 2.25. The van der Waals surface area contributed by atoms with Crippen LogP contribution in [0.2, 0.25) is 0 Å². The molecular formula is C21H27N5OS2. The molecule has 0 radical (unpaired) electrons. The zero-order valence-electron chi connectivity index (χ0n) is 17.0. The van der Waals surface area contributed by atoms with E-state index in [0.717, 1.165) is 35.8 Å². The quantitative estimate of drug-likeness (QED) is 0.699. The van der Waals surface area contributed by atoms with Crippen LogP contribution in [0.1, 0.15) is 73.2 Å². The molecule has 2 aromatic rings. The van der Waals surface area contributed by atoms with Crippen LogP contribution in [0.25, 0.3) is 0 Å². The number of fused-ring (bicyclic) bond motifs is 1. The maximum absolute atomic E-state index is 12.6. The molecule has 1 saturated carbocycles. The first-order valence-corrected chi connectivity index (χ1v) is 12.2. The molecule has 2 aliphatic rings. The summed E-state index contributed by atoms with van der Waals surface area (Å²) in [6, 6.07) is 2.31. The number of thiophene rings is 1. The second-order valence-electron chi connectivity index (χ2n) is 8.24. The number of carbonyl (C=O) groups is 1. The predicted molar refractivity (Wildman–Crippen MR) is 116 cm³/mol. The van der Waals surface area contributed by atoms with Crippen LogP contribution in [0.5, 0.6) is 0 Å². The summed E-state index contributed by atoms with van der Waals surface area (Å²) in [5, 5.41) is 22.8. The average molecular weight is 430 g/mol. The lowest BCUT2D eigenvalue weighted by molar-refractivity contribution is -0.113. The van der Waals surface area contributed by atoms with Gasteiger partial charge in [0.1, 0.15) is 16.9 Å². The minimum absolute atomic E-state index is 0.0969. The van der Waals surface area contributed by atoms with E-state index >= 15 is 0 Å². The summed E-state index contributed by atoms with van der Waals surface area (Å²) in [7, 11) is 1.99. The van der Waals surface area contributed by atoms with Gasteiger partial charge in [-0.1, -0.05) is 37.9 Å². The van der Waals surface area contributed by atoms with Crippen LogP contribution in [0, 0.1) is 17.2 Å². The topological polar surface area (TPSA) is 83.6 Å². The number of aromatic nitrogens is 3. The van der Waals surface area contributed by atoms with Gasteiger partial charge in [0.05, 0.1) is 11.3 Å². The zero-order chi connectivity index (χ0) is 20.4. The molecule has 2 aromatic heterocycles. The number of anilines is 1. The van der Waals surface area contributed by atoms with E-state index in [9.17, 15) is 10.1 Å². The van der Waals surface area contributed by atoms with Crippen molar-refractivity contribution in [2.24, 2.45) is 13.0 Å². The van der Waals surface area contributed by atoms with E-state index in [4.69, 9.17) is 0 Å². The van der Waals surface area contributed by atoms with E-state index in [2.05, 4.69) is 28.5 Å². The smallest absolute Gasteiger partial charge is 0.235 e. The monoisotopic (exact) mass is 429 g/mol. The van der Waals surface area contributed by atoms with Gasteiger partial charge in [-0.2, -0.15) is 5.26 Å². The third-order valence-corrected chi connectivity index (χ3v) is 8.24. The molecule has 1 fully saturated rings. The molecule has 0 saturated heterocycles. The third-order valence-electron chi connectivity index (χ3n) is 6.05. The van der Waals surface area contributed by atoms with Gasteiger partial charge in [0, 0.05) is 17.8 Å². The van der Waals surface area contributed by atoms with Crippen LogP contribution < -0.4 is 5.32 Å². The first-order chi connectivity index (χ1) is 14.1. The second kappa shape index (κ2) is 8.88. The number of rotatable bonds is 5. The van der Waals surface area contributed by atoms with Crippen LogP contribution in [0.15, 0.2) is 5.16 Å². The molecule has 154 valence electrons. The SMILES string of the molecule is CC1CCc2c(sc(NC(=O)CSc3nnc(C4CCCCC4)n3C)c2C#N)C1. The Morgan fingerprint density at radius 2 is 2.10 bits per heavy atom. The molecule has 6 nitrogen and oxygen atoms in total. The van der Waals surface area contributed by atoms with Gasteiger partial charge >= 0.3 is 0 Å². The van der Waals surface area contributed by atoms with Crippen molar-refractivity contribution in [1.82, 2.24) is 14.8 Å². The Morgan fingerprint density at radius 3 is 2.86 bits per heavy atom. The number of hydrogen-bond acceptors (Lipinski definition) is 6. The Morgan fingerprint density at radius 1 is 1.31 bits per heavy atom. The molecule has 1 amide bonds. The number of amides is 1. The van der Waals surface area contributed by atoms with E-state index in [1.165, 1.54) is 48.7 Å². The first-order valence-electron chi connectivity index (χ1n) is 10.4. The molecule has 1 unspecified atom stereocenters. The normalized spacial score (nSPS) is 19.6. The highest BCUT2D eigenvalue weighted by molar-refractivity contribution is 7.99. The molecule has 29 heavy (non-hydrogen) atoms. The summed E-state index contributed by atoms with van der Waals surface area (Å²) in [5.74, 6) is 2.34. The van der Waals surface area contributed by atoms with Gasteiger partial charge in [0.25, 0.3) is 0 Å². The van der Waals surface area contributed by atoms with Gasteiger partial charge < -0.3 is 9.88 Å². The van der Waals surface area contributed by atoms with Crippen LogP contribution >= 0.6 is 23.1 Å². The van der Waals surface area contributed by atoms with E-state index < -0.39 is 0 Å². The Bertz CT molecular complexity index is 936. The van der Waals surface area contributed by atoms with Crippen molar-refractivity contribution in [3.63, 3.8) is 0 Å². The van der Waals surface area contributed by atoms with E-state index in [1.807, 2.05) is 11.6 Å². The van der Waals surface area contributed by atoms with Crippen molar-refractivity contribution < 1.29 is 4.79 Å². The number of thioether (sulfide) groups is 1. The number of nitrogens with one attached hydrogen (secondary N) is 1. The van der Waals surface area contributed by atoms with Gasteiger partial charge in [-0.05, 0) is 43.6 Å². The minimum atomic E-state index is -0.0969. The van der Waals surface area contributed by atoms with Gasteiger partial charge in [0.15, 0.2) is 5.16 Å². The molecule has 2 heterocycles. The summed E-state index contributed by atoms with van der Waals surface area (Å²) in [4.78, 5) is 13.8. The first kappa shape index (κ1) is 20.4. The largest absolute Gasteiger partial charge is 0.316 e. The van der Waals surface area contributed by atoms with Gasteiger partial charge in [0.2, 0.25) is 5.91 Å². The maximum atomic E-state index is 12.6. The Hall–Kier alpha value is -1.85. The molecule has 1 atom stereocenters. The van der Waals surface area contributed by atoms with E-state index in [1.54, 1.807) is 11.3 Å². The summed E-state index contributed by atoms with van der Waals surface area (Å²) in [6.07, 6.45) is 9.22. The Kier molecular flexibility index (Phi) is 6.26. The summed E-state index contributed by atoms with van der Waals surface area (Å²) in [5.41, 5.74) is 1.80.